The number of nitrogens with zero attached hydrogens (tertiary/aromatic N) is 3. The molecule has 7 nitrogen and oxygen atoms in total. The monoisotopic (exact) mass is 573 g/mol. The first-order chi connectivity index (χ1) is 15.5. The highest BCUT2D eigenvalue weighted by Gasteiger charge is 2.29. The third kappa shape index (κ3) is 9.68. The van der Waals surface area contributed by atoms with Gasteiger partial charge in [0, 0.05) is 49.0 Å². The Balaban J connectivity index is 1.89. The van der Waals surface area contributed by atoms with Crippen molar-refractivity contribution < 1.29 is 19.1 Å². The second-order valence-electron chi connectivity index (χ2n) is 9.98. The molecular formula is C25H40IN3O4. The fourth-order valence-corrected chi connectivity index (χ4v) is 4.57. The van der Waals surface area contributed by atoms with Crippen LogP contribution in [0.5, 0.6) is 0 Å². The molecule has 0 aliphatic heterocycles. The van der Waals surface area contributed by atoms with Crippen LogP contribution in [0.25, 0.3) is 0 Å². The maximum absolute atomic E-state index is 12.3. The van der Waals surface area contributed by atoms with Crippen molar-refractivity contribution in [1.82, 2.24) is 9.80 Å². The summed E-state index contributed by atoms with van der Waals surface area (Å²) in [6.07, 6.45) is 3.98. The summed E-state index contributed by atoms with van der Waals surface area (Å²) in [6.45, 7) is 7.97. The summed E-state index contributed by atoms with van der Waals surface area (Å²) >= 11 is 2.33. The summed E-state index contributed by atoms with van der Waals surface area (Å²) in [4.78, 5) is 30.4. The molecule has 1 aliphatic carbocycles. The van der Waals surface area contributed by atoms with E-state index in [0.29, 0.717) is 25.0 Å². The predicted octanol–water partition coefficient (Wildman–Crippen LogP) is 4.63. The first-order valence-electron chi connectivity index (χ1n) is 11.7. The number of hydrogen-bond donors (Lipinski definition) is 0. The van der Waals surface area contributed by atoms with Gasteiger partial charge >= 0.3 is 12.1 Å². The molecule has 2 rings (SSSR count). The lowest BCUT2D eigenvalue weighted by Gasteiger charge is -2.38. The van der Waals surface area contributed by atoms with Gasteiger partial charge in [-0.05, 0) is 99.2 Å². The summed E-state index contributed by atoms with van der Waals surface area (Å²) in [5, 5.41) is 0. The number of hydrogen-bond acceptors (Lipinski definition) is 6. The molecule has 1 aromatic rings. The van der Waals surface area contributed by atoms with E-state index < -0.39 is 5.60 Å². The van der Waals surface area contributed by atoms with E-state index in [1.54, 1.807) is 11.9 Å². The van der Waals surface area contributed by atoms with E-state index in [2.05, 4.69) is 63.7 Å². The summed E-state index contributed by atoms with van der Waals surface area (Å²) < 4.78 is 11.6. The molecule has 0 radical (unpaired) electrons. The molecule has 1 aromatic carbocycles. The molecule has 0 spiro atoms. The number of halogens is 1. The van der Waals surface area contributed by atoms with E-state index in [1.165, 1.54) is 16.4 Å². The number of ether oxygens (including phenoxy) is 2. The number of methoxy groups -OCH3 is 1. The van der Waals surface area contributed by atoms with Crippen LogP contribution in [0.2, 0.25) is 0 Å². The van der Waals surface area contributed by atoms with E-state index in [-0.39, 0.29) is 18.6 Å². The summed E-state index contributed by atoms with van der Waals surface area (Å²) in [6, 6.07) is 8.94. The molecule has 0 bridgehead atoms. The number of benzene rings is 1. The Morgan fingerprint density at radius 1 is 1.03 bits per heavy atom. The molecule has 0 saturated heterocycles. The maximum Gasteiger partial charge on any atom is 0.410 e. The number of rotatable bonds is 9. The Morgan fingerprint density at radius 2 is 1.64 bits per heavy atom. The first-order valence-corrected chi connectivity index (χ1v) is 12.8. The highest BCUT2D eigenvalue weighted by Crippen LogP contribution is 2.29. The molecule has 1 fully saturated rings. The van der Waals surface area contributed by atoms with Crippen LogP contribution in [-0.4, -0.2) is 80.9 Å². The van der Waals surface area contributed by atoms with Crippen LogP contribution in [0.4, 0.5) is 10.5 Å². The Bertz CT molecular complexity index is 758. The fraction of sp³-hybridized carbons (Fsp3) is 0.680. The van der Waals surface area contributed by atoms with Gasteiger partial charge in [0.05, 0.1) is 13.7 Å². The minimum atomic E-state index is -0.527. The van der Waals surface area contributed by atoms with Gasteiger partial charge in [-0.2, -0.15) is 0 Å². The first kappa shape index (κ1) is 27.7. The zero-order chi connectivity index (χ0) is 24.6. The molecule has 0 heterocycles. The van der Waals surface area contributed by atoms with Crippen LogP contribution in [0.3, 0.4) is 0 Å². The van der Waals surface area contributed by atoms with Crippen molar-refractivity contribution in [2.75, 3.05) is 52.3 Å². The highest BCUT2D eigenvalue weighted by atomic mass is 127. The third-order valence-electron chi connectivity index (χ3n) is 6.12. The van der Waals surface area contributed by atoms with Gasteiger partial charge in [-0.15, -0.1) is 0 Å². The lowest BCUT2D eigenvalue weighted by atomic mass is 9.85. The van der Waals surface area contributed by atoms with Crippen LogP contribution in [0, 0.1) is 9.49 Å². The molecule has 1 amide bonds. The summed E-state index contributed by atoms with van der Waals surface area (Å²) in [5.41, 5.74) is 0.718. The van der Waals surface area contributed by atoms with Crippen LogP contribution < -0.4 is 4.90 Å². The van der Waals surface area contributed by atoms with E-state index in [9.17, 15) is 9.59 Å². The average molecular weight is 574 g/mol. The minimum absolute atomic E-state index is 0.240. The molecule has 0 atom stereocenters. The number of amides is 1. The number of carbonyl (C=O) groups excluding carboxylic acids is 2. The molecule has 0 N–H and O–H groups in total. The Morgan fingerprint density at radius 3 is 2.18 bits per heavy atom. The van der Waals surface area contributed by atoms with Gasteiger partial charge in [0.2, 0.25) is 0 Å². The lowest BCUT2D eigenvalue weighted by molar-refractivity contribution is -0.142. The van der Waals surface area contributed by atoms with Gasteiger partial charge in [-0.3, -0.25) is 9.69 Å². The fourth-order valence-electron chi connectivity index (χ4n) is 4.21. The van der Waals surface area contributed by atoms with Crippen LogP contribution in [-0.2, 0) is 14.3 Å². The Kier molecular flexibility index (Phi) is 10.7. The quantitative estimate of drug-likeness (QED) is 0.317. The van der Waals surface area contributed by atoms with Crippen LogP contribution >= 0.6 is 22.6 Å². The molecule has 33 heavy (non-hydrogen) atoms. The second kappa shape index (κ2) is 12.8. The van der Waals surface area contributed by atoms with Crippen molar-refractivity contribution in [3.05, 3.63) is 27.8 Å². The van der Waals surface area contributed by atoms with Crippen molar-refractivity contribution >= 4 is 40.3 Å². The van der Waals surface area contributed by atoms with E-state index in [1.807, 2.05) is 20.8 Å². The number of carbonyl (C=O) groups is 2. The van der Waals surface area contributed by atoms with Crippen molar-refractivity contribution in [3.63, 3.8) is 0 Å². The number of likely N-dealkylation sites (N-methyl/N-ethyl adjacent to an activating group) is 1. The number of anilines is 1. The SMILES string of the molecule is COC(=O)CN(CCN(C)C(=O)OC(C)(C)C)C1CCC(CN(C)c2ccc(I)cc2)CC1. The minimum Gasteiger partial charge on any atom is -0.468 e. The van der Waals surface area contributed by atoms with Crippen LogP contribution in [0.15, 0.2) is 24.3 Å². The largest absolute Gasteiger partial charge is 0.468 e. The topological polar surface area (TPSA) is 62.3 Å². The molecular weight excluding hydrogens is 533 g/mol. The Labute approximate surface area is 212 Å². The van der Waals surface area contributed by atoms with Gasteiger partial charge in [0.15, 0.2) is 0 Å². The summed E-state index contributed by atoms with van der Waals surface area (Å²) in [7, 11) is 5.32. The molecule has 1 aliphatic rings. The normalized spacial score (nSPS) is 18.7. The average Bonchev–Trinajstić information content (AvgIpc) is 2.76. The van der Waals surface area contributed by atoms with Gasteiger partial charge in [-0.1, -0.05) is 0 Å². The second-order valence-corrected chi connectivity index (χ2v) is 11.2. The predicted molar refractivity (Wildman–Crippen MR) is 141 cm³/mol. The summed E-state index contributed by atoms with van der Waals surface area (Å²) in [5.74, 6) is 0.394. The van der Waals surface area contributed by atoms with Gasteiger partial charge in [0.1, 0.15) is 5.60 Å². The smallest absolute Gasteiger partial charge is 0.410 e. The third-order valence-corrected chi connectivity index (χ3v) is 6.84. The lowest BCUT2D eigenvalue weighted by Crippen LogP contribution is -2.46. The number of esters is 1. The standard InChI is InChI=1S/C25H40IN3O4/c1-25(2,3)33-24(31)27(4)15-16-29(18-23(30)32-6)22-11-7-19(8-12-22)17-28(5)21-13-9-20(26)10-14-21/h9-10,13-14,19,22H,7-8,11-12,15-18H2,1-6H3. The van der Waals surface area contributed by atoms with Crippen LogP contribution in [0.1, 0.15) is 46.5 Å². The van der Waals surface area contributed by atoms with Gasteiger partial charge in [0.25, 0.3) is 0 Å². The Hall–Kier alpha value is -1.55. The maximum atomic E-state index is 12.3. The zero-order valence-electron chi connectivity index (χ0n) is 21.0. The van der Waals surface area contributed by atoms with E-state index >= 15 is 0 Å². The van der Waals surface area contributed by atoms with Crippen molar-refractivity contribution in [1.29, 1.82) is 0 Å². The molecule has 1 saturated carbocycles. The molecule has 0 aromatic heterocycles. The van der Waals surface area contributed by atoms with Crippen molar-refractivity contribution in [2.24, 2.45) is 5.92 Å². The highest BCUT2D eigenvalue weighted by molar-refractivity contribution is 14.1. The zero-order valence-corrected chi connectivity index (χ0v) is 23.1. The van der Waals surface area contributed by atoms with Gasteiger partial charge in [-0.25, -0.2) is 4.79 Å². The molecule has 186 valence electrons. The van der Waals surface area contributed by atoms with E-state index in [0.717, 1.165) is 32.2 Å². The van der Waals surface area contributed by atoms with E-state index in [4.69, 9.17) is 9.47 Å². The van der Waals surface area contributed by atoms with Crippen molar-refractivity contribution in [2.45, 2.75) is 58.1 Å². The molecule has 8 heteroatoms. The van der Waals surface area contributed by atoms with Crippen molar-refractivity contribution in [3.8, 4) is 0 Å². The molecule has 0 unspecified atom stereocenters. The van der Waals surface area contributed by atoms with Gasteiger partial charge < -0.3 is 19.3 Å².